The van der Waals surface area contributed by atoms with Gasteiger partial charge in [0.1, 0.15) is 5.69 Å². The number of aromatic nitrogens is 1. The fourth-order valence-electron chi connectivity index (χ4n) is 3.16. The molecular formula is C21H26Cl2N4O4S. The first-order valence-electron chi connectivity index (χ1n) is 10.3. The highest BCUT2D eigenvalue weighted by molar-refractivity contribution is 7.14. The summed E-state index contributed by atoms with van der Waals surface area (Å²) in [5.41, 5.74) is 1.01. The number of carbonyl (C=O) groups is 2. The first-order chi connectivity index (χ1) is 15.5. The minimum atomic E-state index is -0.257. The maximum absolute atomic E-state index is 13.0. The maximum Gasteiger partial charge on any atom is 0.273 e. The fraction of sp³-hybridized carbons (Fsp3) is 0.476. The Morgan fingerprint density at radius 2 is 2.16 bits per heavy atom. The van der Waals surface area contributed by atoms with Crippen LogP contribution < -0.4 is 10.6 Å². The highest BCUT2D eigenvalue weighted by Crippen LogP contribution is 2.28. The van der Waals surface area contributed by atoms with Crippen molar-refractivity contribution in [3.8, 4) is 0 Å². The number of anilines is 2. The molecule has 0 saturated carbocycles. The highest BCUT2D eigenvalue weighted by atomic mass is 35.5. The van der Waals surface area contributed by atoms with Crippen molar-refractivity contribution in [1.82, 2.24) is 15.2 Å². The largest absolute Gasteiger partial charge is 0.383 e. The van der Waals surface area contributed by atoms with E-state index in [1.54, 1.807) is 35.6 Å². The molecule has 1 unspecified atom stereocenters. The van der Waals surface area contributed by atoms with Gasteiger partial charge in [0, 0.05) is 50.8 Å². The highest BCUT2D eigenvalue weighted by Gasteiger charge is 2.21. The normalized spacial score (nSPS) is 15.5. The Morgan fingerprint density at radius 1 is 1.31 bits per heavy atom. The molecule has 1 fully saturated rings. The first kappa shape index (κ1) is 24.7. The number of amides is 2. The van der Waals surface area contributed by atoms with Crippen molar-refractivity contribution in [3.63, 3.8) is 0 Å². The Bertz CT molecular complexity index is 921. The van der Waals surface area contributed by atoms with Crippen LogP contribution in [0.5, 0.6) is 0 Å². The van der Waals surface area contributed by atoms with Crippen LogP contribution in [0.2, 0.25) is 10.0 Å². The standard InChI is InChI=1S/C21H26Cl2N4O4S/c1-30-10-8-27(7-6-19(28)24-12-15-3-2-9-31-15)20(29)18-13-32-21(26-18)25-14-4-5-16(22)17(23)11-14/h4-5,11,13,15H,2-3,6-10,12H2,1H3,(H,24,28)(H,25,26). The average Bonchev–Trinajstić information content (AvgIpc) is 3.47. The summed E-state index contributed by atoms with van der Waals surface area (Å²) in [7, 11) is 1.57. The summed E-state index contributed by atoms with van der Waals surface area (Å²) in [6.45, 7) is 2.24. The Morgan fingerprint density at radius 3 is 2.88 bits per heavy atom. The van der Waals surface area contributed by atoms with Crippen LogP contribution in [0.15, 0.2) is 23.6 Å². The molecule has 1 aliphatic heterocycles. The Kier molecular flexibility index (Phi) is 9.55. The minimum absolute atomic E-state index is 0.0848. The second kappa shape index (κ2) is 12.4. The summed E-state index contributed by atoms with van der Waals surface area (Å²) in [5, 5.41) is 9.11. The maximum atomic E-state index is 13.0. The zero-order valence-corrected chi connectivity index (χ0v) is 20.1. The molecule has 2 amide bonds. The quantitative estimate of drug-likeness (QED) is 0.484. The monoisotopic (exact) mass is 500 g/mol. The summed E-state index contributed by atoms with van der Waals surface area (Å²) >= 11 is 13.3. The molecule has 1 saturated heterocycles. The number of nitrogens with one attached hydrogen (secondary N) is 2. The van der Waals surface area contributed by atoms with Crippen molar-refractivity contribution < 1.29 is 19.1 Å². The van der Waals surface area contributed by atoms with Gasteiger partial charge >= 0.3 is 0 Å². The van der Waals surface area contributed by atoms with E-state index in [2.05, 4.69) is 15.6 Å². The zero-order chi connectivity index (χ0) is 22.9. The average molecular weight is 501 g/mol. The smallest absolute Gasteiger partial charge is 0.273 e. The number of rotatable bonds is 11. The summed E-state index contributed by atoms with van der Waals surface area (Å²) in [6, 6.07) is 5.15. The fourth-order valence-corrected chi connectivity index (χ4v) is 4.17. The van der Waals surface area contributed by atoms with Gasteiger partial charge in [0.05, 0.1) is 22.8 Å². The van der Waals surface area contributed by atoms with Crippen LogP contribution in [0, 0.1) is 0 Å². The van der Waals surface area contributed by atoms with Crippen molar-refractivity contribution in [3.05, 3.63) is 39.3 Å². The van der Waals surface area contributed by atoms with E-state index in [0.29, 0.717) is 46.3 Å². The lowest BCUT2D eigenvalue weighted by atomic mass is 10.2. The summed E-state index contributed by atoms with van der Waals surface area (Å²) in [5.74, 6) is -0.372. The van der Waals surface area contributed by atoms with Gasteiger partial charge < -0.3 is 25.0 Å². The van der Waals surface area contributed by atoms with Crippen LogP contribution in [0.1, 0.15) is 29.8 Å². The van der Waals surface area contributed by atoms with Gasteiger partial charge in [0.25, 0.3) is 5.91 Å². The third kappa shape index (κ3) is 7.31. The van der Waals surface area contributed by atoms with Crippen molar-refractivity contribution in [2.24, 2.45) is 0 Å². The molecule has 174 valence electrons. The van der Waals surface area contributed by atoms with Crippen LogP contribution in [0.25, 0.3) is 0 Å². The molecule has 1 aromatic carbocycles. The van der Waals surface area contributed by atoms with Crippen LogP contribution in [0.4, 0.5) is 10.8 Å². The number of hydrogen-bond acceptors (Lipinski definition) is 7. The molecule has 2 N–H and O–H groups in total. The van der Waals surface area contributed by atoms with E-state index in [-0.39, 0.29) is 30.9 Å². The van der Waals surface area contributed by atoms with Crippen LogP contribution in [-0.2, 0) is 14.3 Å². The molecule has 11 heteroatoms. The minimum Gasteiger partial charge on any atom is -0.383 e. The van der Waals surface area contributed by atoms with E-state index in [1.807, 2.05) is 0 Å². The SMILES string of the molecule is COCCN(CCC(=O)NCC1CCCO1)C(=O)c1csc(Nc2ccc(Cl)c(Cl)c2)n1. The molecule has 2 aromatic rings. The number of halogens is 2. The Labute approximate surface area is 201 Å². The topological polar surface area (TPSA) is 92.8 Å². The predicted octanol–water partition coefficient (Wildman–Crippen LogP) is 3.97. The lowest BCUT2D eigenvalue weighted by molar-refractivity contribution is -0.121. The van der Waals surface area contributed by atoms with Crippen molar-refractivity contribution >= 4 is 57.2 Å². The molecule has 8 nitrogen and oxygen atoms in total. The van der Waals surface area contributed by atoms with Crippen molar-refractivity contribution in [1.29, 1.82) is 0 Å². The molecular weight excluding hydrogens is 475 g/mol. The zero-order valence-electron chi connectivity index (χ0n) is 17.7. The Hall–Kier alpha value is -1.91. The molecule has 1 atom stereocenters. The first-order valence-corrected chi connectivity index (χ1v) is 11.9. The number of hydrogen-bond donors (Lipinski definition) is 2. The number of carbonyl (C=O) groups excluding carboxylic acids is 2. The van der Waals surface area contributed by atoms with Crippen molar-refractivity contribution in [2.75, 3.05) is 45.3 Å². The van der Waals surface area contributed by atoms with E-state index in [0.717, 1.165) is 19.4 Å². The molecule has 0 aliphatic carbocycles. The van der Waals surface area contributed by atoms with Crippen LogP contribution in [0.3, 0.4) is 0 Å². The van der Waals surface area contributed by atoms with Gasteiger partial charge in [-0.1, -0.05) is 23.2 Å². The van der Waals surface area contributed by atoms with Crippen LogP contribution >= 0.6 is 34.5 Å². The number of methoxy groups -OCH3 is 1. The molecule has 0 spiro atoms. The van der Waals surface area contributed by atoms with Gasteiger partial charge in [-0.2, -0.15) is 0 Å². The molecule has 3 rings (SSSR count). The molecule has 1 aromatic heterocycles. The van der Waals surface area contributed by atoms with E-state index >= 15 is 0 Å². The van der Waals surface area contributed by atoms with Gasteiger partial charge in [0.2, 0.25) is 5.91 Å². The van der Waals surface area contributed by atoms with Crippen LogP contribution in [-0.4, -0.2) is 67.8 Å². The number of thiazole rings is 1. The van der Waals surface area contributed by atoms with E-state index in [4.69, 9.17) is 32.7 Å². The number of nitrogens with zero attached hydrogens (tertiary/aromatic N) is 2. The van der Waals surface area contributed by atoms with Crippen molar-refractivity contribution in [2.45, 2.75) is 25.4 Å². The third-order valence-electron chi connectivity index (χ3n) is 4.91. The molecule has 0 radical (unpaired) electrons. The summed E-state index contributed by atoms with van der Waals surface area (Å²) in [6.07, 6.45) is 2.26. The Balaban J connectivity index is 1.56. The predicted molar refractivity (Wildman–Crippen MR) is 126 cm³/mol. The lowest BCUT2D eigenvalue weighted by Crippen LogP contribution is -2.38. The number of benzene rings is 1. The van der Waals surface area contributed by atoms with Gasteiger partial charge in [0.15, 0.2) is 5.13 Å². The summed E-state index contributed by atoms with van der Waals surface area (Å²) in [4.78, 5) is 31.2. The summed E-state index contributed by atoms with van der Waals surface area (Å²) < 4.78 is 10.6. The second-order valence-corrected chi connectivity index (χ2v) is 8.94. The second-order valence-electron chi connectivity index (χ2n) is 7.27. The van der Waals surface area contributed by atoms with E-state index in [1.165, 1.54) is 11.3 Å². The third-order valence-corrected chi connectivity index (χ3v) is 6.40. The van der Waals surface area contributed by atoms with Gasteiger partial charge in [-0.15, -0.1) is 11.3 Å². The van der Waals surface area contributed by atoms with E-state index in [9.17, 15) is 9.59 Å². The molecule has 32 heavy (non-hydrogen) atoms. The van der Waals surface area contributed by atoms with E-state index < -0.39 is 0 Å². The lowest BCUT2D eigenvalue weighted by Gasteiger charge is -2.21. The van der Waals surface area contributed by atoms with Gasteiger partial charge in [-0.25, -0.2) is 4.98 Å². The molecule has 1 aliphatic rings. The molecule has 0 bridgehead atoms. The molecule has 2 heterocycles. The van der Waals surface area contributed by atoms with Gasteiger partial charge in [-0.05, 0) is 31.0 Å². The van der Waals surface area contributed by atoms with Gasteiger partial charge in [-0.3, -0.25) is 9.59 Å². The number of ether oxygens (including phenoxy) is 2.